The van der Waals surface area contributed by atoms with Crippen molar-refractivity contribution in [2.75, 3.05) is 0 Å². The van der Waals surface area contributed by atoms with Gasteiger partial charge in [0.15, 0.2) is 0 Å². The van der Waals surface area contributed by atoms with Crippen LogP contribution in [0.3, 0.4) is 0 Å². The Morgan fingerprint density at radius 2 is 2.20 bits per heavy atom. The topological polar surface area (TPSA) is 73.7 Å². The van der Waals surface area contributed by atoms with Crippen LogP contribution in [0.4, 0.5) is 0 Å². The van der Waals surface area contributed by atoms with Gasteiger partial charge in [-0.15, -0.1) is 0 Å². The van der Waals surface area contributed by atoms with E-state index in [9.17, 15) is 0 Å². The molecule has 2 rings (SSSR count). The molecule has 0 aliphatic carbocycles. The molecule has 0 saturated carbocycles. The van der Waals surface area contributed by atoms with Crippen LogP contribution in [-0.2, 0) is 14.1 Å². The molecule has 80 valence electrons. The maximum atomic E-state index is 5.52. The molecule has 2 aromatic heterocycles. The van der Waals surface area contributed by atoms with Crippen molar-refractivity contribution in [1.29, 1.82) is 0 Å². The van der Waals surface area contributed by atoms with E-state index in [-0.39, 0.29) is 6.04 Å². The number of aromatic nitrogens is 4. The van der Waals surface area contributed by atoms with Gasteiger partial charge in [0.05, 0.1) is 12.0 Å². The van der Waals surface area contributed by atoms with Gasteiger partial charge in [0, 0.05) is 32.7 Å². The van der Waals surface area contributed by atoms with E-state index in [0.29, 0.717) is 0 Å². The van der Waals surface area contributed by atoms with Crippen molar-refractivity contribution in [3.8, 4) is 0 Å². The van der Waals surface area contributed by atoms with Crippen LogP contribution in [0.2, 0.25) is 0 Å². The Kier molecular flexibility index (Phi) is 2.53. The summed E-state index contributed by atoms with van der Waals surface area (Å²) in [7, 11) is 3.85. The first-order valence-corrected chi connectivity index (χ1v) is 4.63. The minimum atomic E-state index is -0.175. The summed E-state index contributed by atoms with van der Waals surface area (Å²) in [5.74, 6) is 6.37. The van der Waals surface area contributed by atoms with Crippen LogP contribution in [0, 0.1) is 0 Å². The molecule has 6 heteroatoms. The smallest absolute Gasteiger partial charge is 0.133 e. The van der Waals surface area contributed by atoms with Gasteiger partial charge >= 0.3 is 0 Å². The molecule has 0 aromatic carbocycles. The second-order valence-corrected chi connectivity index (χ2v) is 3.46. The molecule has 1 atom stereocenters. The summed E-state index contributed by atoms with van der Waals surface area (Å²) in [6, 6.07) is -0.175. The minimum absolute atomic E-state index is 0.175. The number of hydrogen-bond donors (Lipinski definition) is 2. The van der Waals surface area contributed by atoms with E-state index in [1.54, 1.807) is 12.5 Å². The number of rotatable bonds is 3. The largest absolute Gasteiger partial charge is 0.340 e. The summed E-state index contributed by atoms with van der Waals surface area (Å²) in [6.07, 6.45) is 7.27. The first kappa shape index (κ1) is 9.88. The summed E-state index contributed by atoms with van der Waals surface area (Å²) in [5.41, 5.74) is 3.57. The first-order chi connectivity index (χ1) is 7.22. The molecule has 1 unspecified atom stereocenters. The van der Waals surface area contributed by atoms with Crippen LogP contribution < -0.4 is 11.3 Å². The molecule has 0 saturated heterocycles. The van der Waals surface area contributed by atoms with Crippen molar-refractivity contribution in [2.45, 2.75) is 6.04 Å². The van der Waals surface area contributed by atoms with Gasteiger partial charge in [0.25, 0.3) is 0 Å². The lowest BCUT2D eigenvalue weighted by molar-refractivity contribution is 0.569. The van der Waals surface area contributed by atoms with E-state index in [2.05, 4.69) is 15.4 Å². The van der Waals surface area contributed by atoms with Crippen molar-refractivity contribution in [1.82, 2.24) is 24.5 Å². The highest BCUT2D eigenvalue weighted by Gasteiger charge is 2.18. The standard InChI is InChI=1S/C9H14N6/c1-14-5-7(12-6-14)8(13-10)9-11-3-4-15(9)2/h3-6,8,13H,10H2,1-2H3. The van der Waals surface area contributed by atoms with Crippen LogP contribution in [0.25, 0.3) is 0 Å². The van der Waals surface area contributed by atoms with Gasteiger partial charge in [-0.3, -0.25) is 5.84 Å². The third kappa shape index (κ3) is 1.77. The highest BCUT2D eigenvalue weighted by Crippen LogP contribution is 2.16. The Labute approximate surface area is 87.7 Å². The number of nitrogens with zero attached hydrogens (tertiary/aromatic N) is 4. The van der Waals surface area contributed by atoms with Gasteiger partial charge < -0.3 is 9.13 Å². The molecule has 3 N–H and O–H groups in total. The first-order valence-electron chi connectivity index (χ1n) is 4.63. The molecule has 0 aliphatic heterocycles. The summed E-state index contributed by atoms with van der Waals surface area (Å²) >= 11 is 0. The minimum Gasteiger partial charge on any atom is -0.340 e. The fourth-order valence-corrected chi connectivity index (χ4v) is 1.53. The van der Waals surface area contributed by atoms with Gasteiger partial charge in [0.1, 0.15) is 11.9 Å². The number of nitrogens with one attached hydrogen (secondary N) is 1. The highest BCUT2D eigenvalue weighted by atomic mass is 15.3. The lowest BCUT2D eigenvalue weighted by atomic mass is 10.2. The molecule has 0 spiro atoms. The zero-order chi connectivity index (χ0) is 10.8. The normalized spacial score (nSPS) is 13.0. The van der Waals surface area contributed by atoms with Crippen molar-refractivity contribution < 1.29 is 0 Å². The highest BCUT2D eigenvalue weighted by molar-refractivity contribution is 5.15. The number of nitrogens with two attached hydrogens (primary N) is 1. The van der Waals surface area contributed by atoms with E-state index >= 15 is 0 Å². The Morgan fingerprint density at radius 3 is 2.67 bits per heavy atom. The SMILES string of the molecule is Cn1cnc(C(NN)c2nccn2C)c1. The summed E-state index contributed by atoms with van der Waals surface area (Å²) < 4.78 is 3.79. The van der Waals surface area contributed by atoms with E-state index in [1.165, 1.54) is 0 Å². The van der Waals surface area contributed by atoms with E-state index in [4.69, 9.17) is 5.84 Å². The van der Waals surface area contributed by atoms with Gasteiger partial charge in [0.2, 0.25) is 0 Å². The number of imidazole rings is 2. The zero-order valence-electron chi connectivity index (χ0n) is 8.75. The van der Waals surface area contributed by atoms with Crippen molar-refractivity contribution in [3.05, 3.63) is 36.4 Å². The predicted molar refractivity (Wildman–Crippen MR) is 55.6 cm³/mol. The third-order valence-corrected chi connectivity index (χ3v) is 2.30. The van der Waals surface area contributed by atoms with E-state index in [1.807, 2.05) is 35.6 Å². The molecule has 0 aliphatic rings. The Bertz CT molecular complexity index is 443. The molecule has 0 radical (unpaired) electrons. The Morgan fingerprint density at radius 1 is 1.40 bits per heavy atom. The van der Waals surface area contributed by atoms with Crippen LogP contribution >= 0.6 is 0 Å². The van der Waals surface area contributed by atoms with Crippen molar-refractivity contribution >= 4 is 0 Å². The van der Waals surface area contributed by atoms with Gasteiger partial charge in [-0.2, -0.15) is 0 Å². The molecule has 15 heavy (non-hydrogen) atoms. The lowest BCUT2D eigenvalue weighted by Crippen LogP contribution is -2.31. The Balaban J connectivity index is 2.36. The molecular weight excluding hydrogens is 192 g/mol. The molecule has 0 amide bonds. The summed E-state index contributed by atoms with van der Waals surface area (Å²) in [5, 5.41) is 0. The second-order valence-electron chi connectivity index (χ2n) is 3.46. The molecular formula is C9H14N6. The van der Waals surface area contributed by atoms with Crippen LogP contribution in [0.5, 0.6) is 0 Å². The third-order valence-electron chi connectivity index (χ3n) is 2.30. The fraction of sp³-hybridized carbons (Fsp3) is 0.333. The molecule has 2 heterocycles. The van der Waals surface area contributed by atoms with Gasteiger partial charge in [-0.05, 0) is 0 Å². The van der Waals surface area contributed by atoms with Crippen LogP contribution in [0.15, 0.2) is 24.9 Å². The lowest BCUT2D eigenvalue weighted by Gasteiger charge is -2.12. The van der Waals surface area contributed by atoms with Crippen molar-refractivity contribution in [2.24, 2.45) is 19.9 Å². The fourth-order valence-electron chi connectivity index (χ4n) is 1.53. The number of aryl methyl sites for hydroxylation is 2. The summed E-state index contributed by atoms with van der Waals surface area (Å²) in [4.78, 5) is 8.49. The van der Waals surface area contributed by atoms with Gasteiger partial charge in [-0.1, -0.05) is 0 Å². The molecule has 0 fully saturated rings. The van der Waals surface area contributed by atoms with Crippen LogP contribution in [0.1, 0.15) is 17.6 Å². The van der Waals surface area contributed by atoms with Crippen LogP contribution in [-0.4, -0.2) is 19.1 Å². The van der Waals surface area contributed by atoms with E-state index in [0.717, 1.165) is 11.5 Å². The quantitative estimate of drug-likeness (QED) is 0.534. The molecule has 0 bridgehead atoms. The van der Waals surface area contributed by atoms with Crippen molar-refractivity contribution in [3.63, 3.8) is 0 Å². The monoisotopic (exact) mass is 206 g/mol. The zero-order valence-corrected chi connectivity index (χ0v) is 8.75. The number of hydrazine groups is 1. The predicted octanol–water partition coefficient (Wildman–Crippen LogP) is -0.294. The van der Waals surface area contributed by atoms with E-state index < -0.39 is 0 Å². The molecule has 2 aromatic rings. The second kappa shape index (κ2) is 3.84. The average molecular weight is 206 g/mol. The average Bonchev–Trinajstić information content (AvgIpc) is 2.79. The maximum absolute atomic E-state index is 5.52. The summed E-state index contributed by atoms with van der Waals surface area (Å²) in [6.45, 7) is 0. The van der Waals surface area contributed by atoms with Gasteiger partial charge in [-0.25, -0.2) is 15.4 Å². The number of hydrogen-bond acceptors (Lipinski definition) is 4. The maximum Gasteiger partial charge on any atom is 0.133 e. The Hall–Kier alpha value is -1.66. The molecule has 6 nitrogen and oxygen atoms in total.